The maximum atomic E-state index is 10.9. The van der Waals surface area contributed by atoms with Crippen molar-refractivity contribution in [1.82, 2.24) is 0 Å². The Morgan fingerprint density at radius 2 is 2.32 bits per heavy atom. The first-order chi connectivity index (χ1) is 9.02. The van der Waals surface area contributed by atoms with E-state index in [1.54, 1.807) is 7.11 Å². The first-order valence-electron chi connectivity index (χ1n) is 6.20. The van der Waals surface area contributed by atoms with Gasteiger partial charge in [0.2, 0.25) is 0 Å². The molecule has 0 aliphatic heterocycles. The predicted molar refractivity (Wildman–Crippen MR) is 74.6 cm³/mol. The molecule has 2 rings (SSSR count). The minimum Gasteiger partial charge on any atom is -0.479 e. The van der Waals surface area contributed by atoms with Crippen LogP contribution in [0.1, 0.15) is 24.8 Å². The summed E-state index contributed by atoms with van der Waals surface area (Å²) in [7, 11) is 1.69. The average Bonchev–Trinajstić information content (AvgIpc) is 3.11. The molecule has 0 spiro atoms. The number of aliphatic carboxylic acids is 1. The molecule has 1 fully saturated rings. The zero-order chi connectivity index (χ0) is 14.0. The van der Waals surface area contributed by atoms with Crippen LogP contribution >= 0.6 is 15.9 Å². The lowest BCUT2D eigenvalue weighted by Gasteiger charge is -2.15. The van der Waals surface area contributed by atoms with Gasteiger partial charge in [-0.25, -0.2) is 4.79 Å². The largest absolute Gasteiger partial charge is 0.479 e. The van der Waals surface area contributed by atoms with Crippen molar-refractivity contribution in [3.05, 3.63) is 28.2 Å². The zero-order valence-corrected chi connectivity index (χ0v) is 12.5. The van der Waals surface area contributed by atoms with Crippen LogP contribution in [-0.2, 0) is 9.53 Å². The van der Waals surface area contributed by atoms with Crippen LogP contribution in [-0.4, -0.2) is 30.9 Å². The molecule has 19 heavy (non-hydrogen) atoms. The number of halogens is 1. The van der Waals surface area contributed by atoms with Crippen LogP contribution in [0.3, 0.4) is 0 Å². The molecule has 1 N–H and O–H groups in total. The molecule has 104 valence electrons. The van der Waals surface area contributed by atoms with Gasteiger partial charge in [0.15, 0.2) is 6.10 Å². The van der Waals surface area contributed by atoms with Crippen molar-refractivity contribution in [3.8, 4) is 5.75 Å². The van der Waals surface area contributed by atoms with E-state index >= 15 is 0 Å². The topological polar surface area (TPSA) is 55.8 Å². The Bertz CT molecular complexity index is 475. The molecule has 0 amide bonds. The Hall–Kier alpha value is -1.07. The summed E-state index contributed by atoms with van der Waals surface area (Å²) in [5.74, 6) is 0.593. The maximum absolute atomic E-state index is 10.9. The lowest BCUT2D eigenvalue weighted by molar-refractivity contribution is -0.144. The van der Waals surface area contributed by atoms with Crippen molar-refractivity contribution in [2.75, 3.05) is 13.7 Å². The molecule has 4 nitrogen and oxygen atoms in total. The summed E-state index contributed by atoms with van der Waals surface area (Å²) in [5, 5.41) is 8.92. The second kappa shape index (κ2) is 5.92. The van der Waals surface area contributed by atoms with Crippen molar-refractivity contribution < 1.29 is 19.4 Å². The Labute approximate surface area is 120 Å². The molecule has 0 aromatic heterocycles. The van der Waals surface area contributed by atoms with Crippen LogP contribution in [0.25, 0.3) is 0 Å². The molecule has 1 aromatic carbocycles. The van der Waals surface area contributed by atoms with E-state index in [4.69, 9.17) is 14.6 Å². The number of benzene rings is 1. The van der Waals surface area contributed by atoms with Crippen molar-refractivity contribution in [2.45, 2.75) is 25.4 Å². The van der Waals surface area contributed by atoms with E-state index in [0.29, 0.717) is 17.6 Å². The molecule has 1 aliphatic carbocycles. The maximum Gasteiger partial charge on any atom is 0.344 e. The van der Waals surface area contributed by atoms with Crippen LogP contribution in [0.4, 0.5) is 0 Å². The highest BCUT2D eigenvalue weighted by molar-refractivity contribution is 9.10. The molecule has 5 heteroatoms. The minimum absolute atomic E-state index is 0.397. The van der Waals surface area contributed by atoms with Crippen LogP contribution in [0.15, 0.2) is 22.7 Å². The SMILES string of the molecule is COCC1CC1c1cc(Br)ccc1O[C@@H](C)C(=O)O. The molecule has 1 saturated carbocycles. The Balaban J connectivity index is 2.17. The molecule has 0 radical (unpaired) electrons. The molecular weight excluding hydrogens is 312 g/mol. The summed E-state index contributed by atoms with van der Waals surface area (Å²) in [6, 6.07) is 5.69. The molecular formula is C14H17BrO4. The lowest BCUT2D eigenvalue weighted by Crippen LogP contribution is -2.23. The van der Waals surface area contributed by atoms with Crippen molar-refractivity contribution in [1.29, 1.82) is 0 Å². The fourth-order valence-corrected chi connectivity index (χ4v) is 2.56. The first-order valence-corrected chi connectivity index (χ1v) is 7.00. The molecule has 0 bridgehead atoms. The smallest absolute Gasteiger partial charge is 0.344 e. The van der Waals surface area contributed by atoms with Gasteiger partial charge in [0.1, 0.15) is 5.75 Å². The molecule has 1 aromatic rings. The van der Waals surface area contributed by atoms with E-state index in [9.17, 15) is 4.79 Å². The van der Waals surface area contributed by atoms with Crippen LogP contribution in [0.5, 0.6) is 5.75 Å². The lowest BCUT2D eigenvalue weighted by atomic mass is 10.1. The van der Waals surface area contributed by atoms with Crippen molar-refractivity contribution in [2.24, 2.45) is 5.92 Å². The number of carbonyl (C=O) groups is 1. The average molecular weight is 329 g/mol. The summed E-state index contributed by atoms with van der Waals surface area (Å²) in [4.78, 5) is 10.9. The van der Waals surface area contributed by atoms with Gasteiger partial charge in [-0.3, -0.25) is 0 Å². The third kappa shape index (κ3) is 3.48. The van der Waals surface area contributed by atoms with Crippen molar-refractivity contribution >= 4 is 21.9 Å². The van der Waals surface area contributed by atoms with Crippen LogP contribution < -0.4 is 4.74 Å². The summed E-state index contributed by atoms with van der Waals surface area (Å²) in [5.41, 5.74) is 1.06. The Kier molecular flexibility index (Phi) is 4.47. The Morgan fingerprint density at radius 3 is 2.95 bits per heavy atom. The van der Waals surface area contributed by atoms with E-state index in [0.717, 1.165) is 23.1 Å². The molecule has 1 aliphatic rings. The fourth-order valence-electron chi connectivity index (χ4n) is 2.18. The second-order valence-corrected chi connectivity index (χ2v) is 5.75. The number of methoxy groups -OCH3 is 1. The van der Waals surface area contributed by atoms with Crippen LogP contribution in [0.2, 0.25) is 0 Å². The van der Waals surface area contributed by atoms with Gasteiger partial charge in [-0.15, -0.1) is 0 Å². The highest BCUT2D eigenvalue weighted by Gasteiger charge is 2.40. The fraction of sp³-hybridized carbons (Fsp3) is 0.500. The molecule has 0 saturated heterocycles. The molecule has 3 atom stereocenters. The van der Waals surface area contributed by atoms with E-state index in [2.05, 4.69) is 15.9 Å². The van der Waals surface area contributed by atoms with Crippen LogP contribution in [0, 0.1) is 5.92 Å². The first kappa shape index (κ1) is 14.3. The molecule has 2 unspecified atom stereocenters. The predicted octanol–water partition coefficient (Wildman–Crippen LogP) is 3.05. The van der Waals surface area contributed by atoms with E-state index in [1.807, 2.05) is 18.2 Å². The summed E-state index contributed by atoms with van der Waals surface area (Å²) in [6.07, 6.45) is 0.210. The van der Waals surface area contributed by atoms with Gasteiger partial charge in [0.05, 0.1) is 0 Å². The van der Waals surface area contributed by atoms with Gasteiger partial charge in [-0.05, 0) is 48.9 Å². The van der Waals surface area contributed by atoms with Gasteiger partial charge in [-0.2, -0.15) is 0 Å². The number of hydrogen-bond donors (Lipinski definition) is 1. The Morgan fingerprint density at radius 1 is 1.58 bits per heavy atom. The van der Waals surface area contributed by atoms with E-state index in [1.165, 1.54) is 6.92 Å². The number of carboxylic acids is 1. The number of rotatable bonds is 6. The highest BCUT2D eigenvalue weighted by atomic mass is 79.9. The third-order valence-corrected chi connectivity index (χ3v) is 3.82. The van der Waals surface area contributed by atoms with Crippen molar-refractivity contribution in [3.63, 3.8) is 0 Å². The quantitative estimate of drug-likeness (QED) is 0.871. The van der Waals surface area contributed by atoms with E-state index < -0.39 is 12.1 Å². The second-order valence-electron chi connectivity index (χ2n) is 4.84. The minimum atomic E-state index is -0.960. The standard InChI is InChI=1S/C14H17BrO4/c1-8(14(16)17)19-13-4-3-10(15)6-12(13)11-5-9(11)7-18-2/h3-4,6,8-9,11H,5,7H2,1-2H3,(H,16,17)/t8-,9?,11?/m0/s1. The third-order valence-electron chi connectivity index (χ3n) is 3.33. The van der Waals surface area contributed by atoms with Gasteiger partial charge < -0.3 is 14.6 Å². The van der Waals surface area contributed by atoms with Gasteiger partial charge in [0.25, 0.3) is 0 Å². The summed E-state index contributed by atoms with van der Waals surface area (Å²) in [6.45, 7) is 2.26. The zero-order valence-electron chi connectivity index (χ0n) is 10.9. The molecule has 0 heterocycles. The number of ether oxygens (including phenoxy) is 2. The van der Waals surface area contributed by atoms with Gasteiger partial charge in [0, 0.05) is 18.2 Å². The normalized spacial score (nSPS) is 22.9. The monoisotopic (exact) mass is 328 g/mol. The number of hydrogen-bond acceptors (Lipinski definition) is 3. The number of carboxylic acid groups (broad SMARTS) is 1. The summed E-state index contributed by atoms with van der Waals surface area (Å²) >= 11 is 3.44. The van der Waals surface area contributed by atoms with E-state index in [-0.39, 0.29) is 0 Å². The highest BCUT2D eigenvalue weighted by Crippen LogP contribution is 2.51. The van der Waals surface area contributed by atoms with Gasteiger partial charge in [-0.1, -0.05) is 15.9 Å². The summed E-state index contributed by atoms with van der Waals surface area (Å²) < 4.78 is 11.7. The van der Waals surface area contributed by atoms with Gasteiger partial charge >= 0.3 is 5.97 Å².